The van der Waals surface area contributed by atoms with Crippen LogP contribution in [0.4, 0.5) is 5.69 Å². The minimum atomic E-state index is -1.03. The van der Waals surface area contributed by atoms with Crippen LogP contribution in [0.5, 0.6) is 5.75 Å². The Morgan fingerprint density at radius 1 is 1.53 bits per heavy atom. The molecule has 0 aliphatic heterocycles. The zero-order chi connectivity index (χ0) is 13.1. The van der Waals surface area contributed by atoms with Crippen molar-refractivity contribution in [3.05, 3.63) is 23.8 Å². The van der Waals surface area contributed by atoms with Crippen LogP contribution < -0.4 is 9.22 Å². The van der Waals surface area contributed by atoms with Crippen LogP contribution in [0.2, 0.25) is 0 Å². The molecule has 0 heterocycles. The zero-order valence-electron chi connectivity index (χ0n) is 10.1. The molecular formula is C12H16NO4+. The van der Waals surface area contributed by atoms with Gasteiger partial charge in [-0.15, -0.1) is 0 Å². The third kappa shape index (κ3) is 2.82. The monoisotopic (exact) mass is 238 g/mol. The van der Waals surface area contributed by atoms with Gasteiger partial charge in [0, 0.05) is 12.1 Å². The van der Waals surface area contributed by atoms with Gasteiger partial charge in [0.2, 0.25) is 0 Å². The highest BCUT2D eigenvalue weighted by Crippen LogP contribution is 2.27. The Morgan fingerprint density at radius 3 is 2.65 bits per heavy atom. The fraction of sp³-hybridized carbons (Fsp3) is 0.333. The average molecular weight is 238 g/mol. The van der Waals surface area contributed by atoms with E-state index in [4.69, 9.17) is 9.84 Å². The first-order valence-electron chi connectivity index (χ1n) is 5.11. The number of carbonyl (C=O) groups is 2. The molecule has 1 aromatic carbocycles. The second-order valence-corrected chi connectivity index (χ2v) is 4.08. The second-order valence-electron chi connectivity index (χ2n) is 4.08. The number of likely N-dealkylation sites (N-methyl/N-ethyl adjacent to an activating group) is 1. The van der Waals surface area contributed by atoms with E-state index >= 15 is 0 Å². The summed E-state index contributed by atoms with van der Waals surface area (Å²) in [5, 5.41) is 8.82. The first-order valence-corrected chi connectivity index (χ1v) is 5.11. The standard InChI is InChI=1S/C12H15NO4/c1-9-4-5-10(6-11(9)17-3)13(2,8-14)7-12(15)16/h4-6,8H,7H2,1-3H3/p+1. The largest absolute Gasteiger partial charge is 0.496 e. The van der Waals surface area contributed by atoms with Crippen LogP contribution in [0.25, 0.3) is 0 Å². The van der Waals surface area contributed by atoms with E-state index in [0.717, 1.165) is 5.56 Å². The Morgan fingerprint density at radius 2 is 2.18 bits per heavy atom. The number of carboxylic acid groups (broad SMARTS) is 1. The highest BCUT2D eigenvalue weighted by atomic mass is 16.5. The van der Waals surface area contributed by atoms with Crippen molar-refractivity contribution in [3.63, 3.8) is 0 Å². The quantitative estimate of drug-likeness (QED) is 0.618. The van der Waals surface area contributed by atoms with Crippen LogP contribution in [0.1, 0.15) is 5.56 Å². The number of quaternary nitrogens is 1. The molecule has 0 aliphatic rings. The third-order valence-electron chi connectivity index (χ3n) is 2.68. The van der Waals surface area contributed by atoms with Crippen LogP contribution >= 0.6 is 0 Å². The van der Waals surface area contributed by atoms with Gasteiger partial charge in [0.15, 0.2) is 6.54 Å². The fourth-order valence-corrected chi connectivity index (χ4v) is 1.60. The van der Waals surface area contributed by atoms with Crippen molar-refractivity contribution in [1.82, 2.24) is 4.48 Å². The van der Waals surface area contributed by atoms with Crippen LogP contribution in [0.3, 0.4) is 0 Å². The smallest absolute Gasteiger partial charge is 0.360 e. The molecule has 1 atom stereocenters. The maximum Gasteiger partial charge on any atom is 0.360 e. The number of methoxy groups -OCH3 is 1. The molecule has 1 unspecified atom stereocenters. The van der Waals surface area contributed by atoms with E-state index in [0.29, 0.717) is 17.8 Å². The number of carboxylic acids is 1. The first-order chi connectivity index (χ1) is 7.92. The maximum atomic E-state index is 11.1. The molecule has 0 saturated carbocycles. The highest BCUT2D eigenvalue weighted by Gasteiger charge is 2.28. The number of ether oxygens (including phenoxy) is 1. The molecular weight excluding hydrogens is 222 g/mol. The fourth-order valence-electron chi connectivity index (χ4n) is 1.60. The molecule has 0 spiro atoms. The summed E-state index contributed by atoms with van der Waals surface area (Å²) in [6.07, 6.45) is 0.609. The molecule has 1 N–H and O–H groups in total. The van der Waals surface area contributed by atoms with Crippen molar-refractivity contribution in [2.24, 2.45) is 0 Å². The predicted octanol–water partition coefficient (Wildman–Crippen LogP) is 1.18. The Balaban J connectivity index is 3.20. The number of hydrogen-bond donors (Lipinski definition) is 1. The molecule has 0 fully saturated rings. The van der Waals surface area contributed by atoms with Gasteiger partial charge in [-0.3, -0.25) is 0 Å². The number of hydrogen-bond acceptors (Lipinski definition) is 3. The van der Waals surface area contributed by atoms with Gasteiger partial charge in [-0.25, -0.2) is 14.1 Å². The Hall–Kier alpha value is -1.88. The zero-order valence-corrected chi connectivity index (χ0v) is 10.1. The molecule has 5 heteroatoms. The van der Waals surface area contributed by atoms with E-state index in [1.54, 1.807) is 25.2 Å². The number of aryl methyl sites for hydroxylation is 1. The molecule has 1 amide bonds. The van der Waals surface area contributed by atoms with Gasteiger partial charge >= 0.3 is 12.4 Å². The summed E-state index contributed by atoms with van der Waals surface area (Å²) in [4.78, 5) is 21.9. The van der Waals surface area contributed by atoms with Crippen LogP contribution in [-0.4, -0.2) is 38.2 Å². The number of benzene rings is 1. The Bertz CT molecular complexity index is 444. The Labute approximate surface area is 99.8 Å². The van der Waals surface area contributed by atoms with Crippen molar-refractivity contribution < 1.29 is 19.4 Å². The minimum absolute atomic E-state index is 0.296. The Kier molecular flexibility index (Phi) is 3.85. The highest BCUT2D eigenvalue weighted by molar-refractivity contribution is 5.80. The van der Waals surface area contributed by atoms with Crippen molar-refractivity contribution >= 4 is 18.1 Å². The number of aliphatic carboxylic acids is 1. The van der Waals surface area contributed by atoms with E-state index in [2.05, 4.69) is 0 Å². The molecule has 92 valence electrons. The van der Waals surface area contributed by atoms with Gasteiger partial charge in [0.25, 0.3) is 0 Å². The molecule has 1 rings (SSSR count). The molecule has 0 radical (unpaired) electrons. The van der Waals surface area contributed by atoms with Crippen LogP contribution in [0.15, 0.2) is 18.2 Å². The summed E-state index contributed by atoms with van der Waals surface area (Å²) in [6.45, 7) is 1.58. The van der Waals surface area contributed by atoms with E-state index in [1.807, 2.05) is 6.92 Å². The van der Waals surface area contributed by atoms with E-state index < -0.39 is 5.97 Å². The van der Waals surface area contributed by atoms with Gasteiger partial charge in [0.05, 0.1) is 14.2 Å². The predicted molar refractivity (Wildman–Crippen MR) is 64.0 cm³/mol. The summed E-state index contributed by atoms with van der Waals surface area (Å²) >= 11 is 0. The van der Waals surface area contributed by atoms with Gasteiger partial charge in [-0.2, -0.15) is 0 Å². The van der Waals surface area contributed by atoms with Crippen LogP contribution in [-0.2, 0) is 9.59 Å². The number of amides is 1. The molecule has 0 aliphatic carbocycles. The molecule has 0 bridgehead atoms. The van der Waals surface area contributed by atoms with Crippen molar-refractivity contribution in [1.29, 1.82) is 0 Å². The number of carbonyl (C=O) groups excluding carboxylic acids is 1. The first kappa shape index (κ1) is 13.2. The molecule has 0 saturated heterocycles. The normalized spacial score (nSPS) is 13.8. The van der Waals surface area contributed by atoms with Crippen LogP contribution in [0, 0.1) is 6.92 Å². The summed E-state index contributed by atoms with van der Waals surface area (Å²) in [5.41, 5.74) is 1.52. The lowest BCUT2D eigenvalue weighted by molar-refractivity contribution is -0.139. The van der Waals surface area contributed by atoms with Crippen molar-refractivity contribution in [2.45, 2.75) is 6.92 Å². The minimum Gasteiger partial charge on any atom is -0.496 e. The van der Waals surface area contributed by atoms with E-state index in [-0.39, 0.29) is 11.0 Å². The summed E-state index contributed by atoms with van der Waals surface area (Å²) in [5.74, 6) is -0.391. The summed E-state index contributed by atoms with van der Waals surface area (Å²) in [7, 11) is 3.08. The molecule has 0 aromatic heterocycles. The molecule has 5 nitrogen and oxygen atoms in total. The lowest BCUT2D eigenvalue weighted by atomic mass is 10.1. The summed E-state index contributed by atoms with van der Waals surface area (Å²) in [6, 6.07) is 5.22. The van der Waals surface area contributed by atoms with Gasteiger partial charge in [0.1, 0.15) is 11.4 Å². The topological polar surface area (TPSA) is 63.6 Å². The van der Waals surface area contributed by atoms with Crippen molar-refractivity contribution in [3.8, 4) is 5.75 Å². The number of nitrogens with zero attached hydrogens (tertiary/aromatic N) is 1. The van der Waals surface area contributed by atoms with E-state index in [1.165, 1.54) is 7.11 Å². The maximum absolute atomic E-state index is 11.1. The van der Waals surface area contributed by atoms with Crippen molar-refractivity contribution in [2.75, 3.05) is 20.7 Å². The van der Waals surface area contributed by atoms with E-state index in [9.17, 15) is 9.59 Å². The van der Waals surface area contributed by atoms with Gasteiger partial charge in [-0.1, -0.05) is 0 Å². The lowest BCUT2D eigenvalue weighted by Gasteiger charge is -2.25. The number of rotatable bonds is 5. The average Bonchev–Trinajstić information content (AvgIpc) is 2.28. The SMILES string of the molecule is COc1cc([N+](C)(C=O)CC(=O)O)ccc1C. The van der Waals surface area contributed by atoms with Gasteiger partial charge in [-0.05, 0) is 18.6 Å². The molecule has 17 heavy (non-hydrogen) atoms. The second kappa shape index (κ2) is 4.97. The molecule has 1 aromatic rings. The van der Waals surface area contributed by atoms with Gasteiger partial charge < -0.3 is 9.84 Å². The summed E-state index contributed by atoms with van der Waals surface area (Å²) < 4.78 is 4.84. The third-order valence-corrected chi connectivity index (χ3v) is 2.68. The lowest BCUT2D eigenvalue weighted by Crippen LogP contribution is -2.47.